The normalized spacial score (nSPS) is 13.0. The molecule has 5 nitrogen and oxygen atoms in total. The van der Waals surface area contributed by atoms with Crippen LogP contribution in [-0.2, 0) is 0 Å². The van der Waals surface area contributed by atoms with Crippen LogP contribution in [0.1, 0.15) is 5.56 Å². The Kier molecular flexibility index (Phi) is 4.09. The summed E-state index contributed by atoms with van der Waals surface area (Å²) in [6, 6.07) is 5.29. The van der Waals surface area contributed by atoms with Gasteiger partial charge in [0.1, 0.15) is 5.15 Å². The minimum Gasteiger partial charge on any atom is -0.400 e. The molecular formula is C13H13ClN4O. The maximum Gasteiger partial charge on any atom is 0.129 e. The molecule has 2 aromatic rings. The van der Waals surface area contributed by atoms with Gasteiger partial charge in [0.05, 0.1) is 17.6 Å². The average Bonchev–Trinajstić information content (AvgIpc) is 2.43. The Labute approximate surface area is 115 Å². The third-order valence-electron chi connectivity index (χ3n) is 2.59. The third kappa shape index (κ3) is 2.89. The standard InChI is InChI=1S/C13H13ClN4O/c1-16-6-9(10(15)7-19)8-4-12-11(17-5-8)2-3-13(14)18-12/h2-6,19H,7,15H2,1H3. The van der Waals surface area contributed by atoms with Gasteiger partial charge in [-0.25, -0.2) is 4.98 Å². The van der Waals surface area contributed by atoms with Crippen LogP contribution in [-0.4, -0.2) is 34.9 Å². The molecule has 98 valence electrons. The average molecular weight is 277 g/mol. The number of rotatable bonds is 3. The minimum absolute atomic E-state index is 0.248. The Bertz CT molecular complexity index is 667. The van der Waals surface area contributed by atoms with Crippen molar-refractivity contribution in [3.05, 3.63) is 40.8 Å². The molecular weight excluding hydrogens is 264 g/mol. The SMILES string of the molecule is CN=CC(=C(N)CO)c1cnc2ccc(Cl)nc2c1. The summed E-state index contributed by atoms with van der Waals surface area (Å²) >= 11 is 5.86. The van der Waals surface area contributed by atoms with Crippen molar-refractivity contribution in [2.75, 3.05) is 13.7 Å². The Morgan fingerprint density at radius 1 is 1.47 bits per heavy atom. The van der Waals surface area contributed by atoms with Gasteiger partial charge >= 0.3 is 0 Å². The molecule has 0 unspecified atom stereocenters. The summed E-state index contributed by atoms with van der Waals surface area (Å²) in [5.74, 6) is 0. The fourth-order valence-electron chi connectivity index (χ4n) is 1.69. The van der Waals surface area contributed by atoms with E-state index in [1.54, 1.807) is 31.6 Å². The third-order valence-corrected chi connectivity index (χ3v) is 2.80. The highest BCUT2D eigenvalue weighted by Crippen LogP contribution is 2.19. The van der Waals surface area contributed by atoms with Gasteiger partial charge in [-0.15, -0.1) is 0 Å². The second-order valence-electron chi connectivity index (χ2n) is 3.88. The van der Waals surface area contributed by atoms with Crippen molar-refractivity contribution in [1.82, 2.24) is 9.97 Å². The number of allylic oxidation sites excluding steroid dienone is 1. The number of aliphatic hydroxyl groups is 1. The van der Waals surface area contributed by atoms with Crippen molar-refractivity contribution in [2.24, 2.45) is 10.7 Å². The van der Waals surface area contributed by atoms with Gasteiger partial charge in [0, 0.05) is 36.3 Å². The molecule has 0 aliphatic heterocycles. The molecule has 0 fully saturated rings. The van der Waals surface area contributed by atoms with E-state index < -0.39 is 0 Å². The molecule has 0 bridgehead atoms. The van der Waals surface area contributed by atoms with Gasteiger partial charge in [-0.1, -0.05) is 11.6 Å². The number of aromatic nitrogens is 2. The van der Waals surface area contributed by atoms with E-state index >= 15 is 0 Å². The van der Waals surface area contributed by atoms with Crippen LogP contribution in [0.4, 0.5) is 0 Å². The molecule has 0 aliphatic rings. The highest BCUT2D eigenvalue weighted by molar-refractivity contribution is 6.29. The van der Waals surface area contributed by atoms with Gasteiger partial charge in [-0.05, 0) is 18.2 Å². The number of pyridine rings is 2. The number of nitrogens with zero attached hydrogens (tertiary/aromatic N) is 3. The van der Waals surface area contributed by atoms with Gasteiger partial charge in [0.25, 0.3) is 0 Å². The van der Waals surface area contributed by atoms with Gasteiger partial charge < -0.3 is 10.8 Å². The second-order valence-corrected chi connectivity index (χ2v) is 4.27. The molecule has 2 aromatic heterocycles. The van der Waals surface area contributed by atoms with E-state index in [0.29, 0.717) is 21.9 Å². The summed E-state index contributed by atoms with van der Waals surface area (Å²) in [6.07, 6.45) is 3.25. The summed E-state index contributed by atoms with van der Waals surface area (Å²) < 4.78 is 0. The minimum atomic E-state index is -0.248. The van der Waals surface area contributed by atoms with Crippen molar-refractivity contribution in [2.45, 2.75) is 0 Å². The fourth-order valence-corrected chi connectivity index (χ4v) is 1.84. The van der Waals surface area contributed by atoms with Crippen LogP contribution in [0.2, 0.25) is 5.15 Å². The largest absolute Gasteiger partial charge is 0.400 e. The Balaban J connectivity index is 2.61. The highest BCUT2D eigenvalue weighted by Gasteiger charge is 2.07. The molecule has 0 aromatic carbocycles. The lowest BCUT2D eigenvalue weighted by Gasteiger charge is -2.07. The van der Waals surface area contributed by atoms with E-state index in [4.69, 9.17) is 22.4 Å². The zero-order chi connectivity index (χ0) is 13.8. The molecule has 0 aliphatic carbocycles. The summed E-state index contributed by atoms with van der Waals surface area (Å²) in [5, 5.41) is 9.55. The van der Waals surface area contributed by atoms with E-state index in [0.717, 1.165) is 11.1 Å². The van der Waals surface area contributed by atoms with Crippen LogP contribution >= 0.6 is 11.6 Å². The Morgan fingerprint density at radius 3 is 2.95 bits per heavy atom. The van der Waals surface area contributed by atoms with Crippen molar-refractivity contribution in [3.63, 3.8) is 0 Å². The smallest absolute Gasteiger partial charge is 0.129 e. The van der Waals surface area contributed by atoms with Crippen molar-refractivity contribution < 1.29 is 5.11 Å². The Hall–Kier alpha value is -1.98. The molecule has 0 radical (unpaired) electrons. The van der Waals surface area contributed by atoms with Crippen LogP contribution in [0.5, 0.6) is 0 Å². The lowest BCUT2D eigenvalue weighted by Crippen LogP contribution is -2.07. The lowest BCUT2D eigenvalue weighted by molar-refractivity contribution is 0.330. The highest BCUT2D eigenvalue weighted by atomic mass is 35.5. The van der Waals surface area contributed by atoms with Crippen LogP contribution in [0.15, 0.2) is 35.1 Å². The molecule has 3 N–H and O–H groups in total. The first kappa shape index (κ1) is 13.5. The van der Waals surface area contributed by atoms with Crippen LogP contribution in [0.25, 0.3) is 16.6 Å². The first-order chi connectivity index (χ1) is 9.15. The van der Waals surface area contributed by atoms with E-state index in [1.165, 1.54) is 0 Å². The van der Waals surface area contributed by atoms with E-state index in [1.807, 2.05) is 6.07 Å². The van der Waals surface area contributed by atoms with Crippen molar-refractivity contribution in [3.8, 4) is 0 Å². The predicted molar refractivity (Wildman–Crippen MR) is 77.2 cm³/mol. The van der Waals surface area contributed by atoms with Crippen molar-refractivity contribution in [1.29, 1.82) is 0 Å². The number of aliphatic imine (C=N–C) groups is 1. The van der Waals surface area contributed by atoms with E-state index in [9.17, 15) is 0 Å². The first-order valence-corrected chi connectivity index (χ1v) is 5.98. The Morgan fingerprint density at radius 2 is 2.26 bits per heavy atom. The fraction of sp³-hybridized carbons (Fsp3) is 0.154. The number of hydrogen-bond donors (Lipinski definition) is 2. The van der Waals surface area contributed by atoms with Gasteiger partial charge in [0.15, 0.2) is 0 Å². The van der Waals surface area contributed by atoms with Gasteiger partial charge in [-0.2, -0.15) is 0 Å². The second kappa shape index (κ2) is 5.77. The maximum atomic E-state index is 9.15. The number of fused-ring (bicyclic) bond motifs is 1. The molecule has 2 rings (SSSR count). The molecule has 0 atom stereocenters. The van der Waals surface area contributed by atoms with E-state index in [-0.39, 0.29) is 6.61 Å². The monoisotopic (exact) mass is 276 g/mol. The van der Waals surface area contributed by atoms with Crippen LogP contribution < -0.4 is 5.73 Å². The number of nitrogens with two attached hydrogens (primary N) is 1. The maximum absolute atomic E-state index is 9.15. The molecule has 2 heterocycles. The summed E-state index contributed by atoms with van der Waals surface area (Å²) in [4.78, 5) is 12.4. The molecule has 0 saturated heterocycles. The van der Waals surface area contributed by atoms with Gasteiger partial charge in [0.2, 0.25) is 0 Å². The zero-order valence-electron chi connectivity index (χ0n) is 10.3. The van der Waals surface area contributed by atoms with Crippen molar-refractivity contribution >= 4 is 34.4 Å². The topological polar surface area (TPSA) is 84.4 Å². The molecule has 0 amide bonds. The lowest BCUT2D eigenvalue weighted by atomic mass is 10.1. The number of aliphatic hydroxyl groups excluding tert-OH is 1. The predicted octanol–water partition coefficient (Wildman–Crippen LogP) is 1.65. The van der Waals surface area contributed by atoms with Crippen LogP contribution in [0, 0.1) is 0 Å². The summed E-state index contributed by atoms with van der Waals surface area (Å²) in [6.45, 7) is -0.248. The molecule has 6 heteroatoms. The first-order valence-electron chi connectivity index (χ1n) is 5.60. The molecule has 0 spiro atoms. The summed E-state index contributed by atoms with van der Waals surface area (Å²) in [5.41, 5.74) is 8.87. The van der Waals surface area contributed by atoms with Crippen LogP contribution in [0.3, 0.4) is 0 Å². The molecule has 0 saturated carbocycles. The number of hydrogen-bond acceptors (Lipinski definition) is 5. The van der Waals surface area contributed by atoms with Gasteiger partial charge in [-0.3, -0.25) is 9.98 Å². The molecule has 19 heavy (non-hydrogen) atoms. The van der Waals surface area contributed by atoms with E-state index in [2.05, 4.69) is 15.0 Å². The zero-order valence-corrected chi connectivity index (χ0v) is 11.1. The summed E-state index contributed by atoms with van der Waals surface area (Å²) in [7, 11) is 1.63. The number of halogens is 1. The quantitative estimate of drug-likeness (QED) is 0.659.